The largest absolute Gasteiger partial charge is 0.450 e. The number of aromatic nitrogens is 2. The first kappa shape index (κ1) is 29.5. The molecule has 0 saturated carbocycles. The molecule has 2 amide bonds. The summed E-state index contributed by atoms with van der Waals surface area (Å²) in [6.07, 6.45) is 0. The first-order valence-corrected chi connectivity index (χ1v) is 16.4. The van der Waals surface area contributed by atoms with E-state index in [4.69, 9.17) is 16.0 Å². The first-order chi connectivity index (χ1) is 22.8. The highest BCUT2D eigenvalue weighted by Crippen LogP contribution is 2.55. The highest BCUT2D eigenvalue weighted by atomic mass is 35.5. The molecule has 2 aliphatic heterocycles. The molecule has 4 aromatic carbocycles. The third kappa shape index (κ3) is 4.43. The lowest BCUT2D eigenvalue weighted by molar-refractivity contribution is -0.121. The van der Waals surface area contributed by atoms with Gasteiger partial charge in [0.25, 0.3) is 11.8 Å². The molecule has 8 nitrogen and oxygen atoms in total. The molecule has 8 rings (SSSR count). The standard InChI is InChI=1S/C34H19ClF2N4O4S2/c35-23-10-4-1-8-19(23)17-46-33-39-38-32(47-33)41-30(43)29-27(28(42)21-15-20(36)13-14-26(21)45-29)34(41)22-9-3-6-12-25(22)40(31(34)44)16-18-7-2-5-11-24(18)37/h1-15H,16-17H2. The summed E-state index contributed by atoms with van der Waals surface area (Å²) < 4.78 is 35.8. The summed E-state index contributed by atoms with van der Waals surface area (Å²) in [6, 6.07) is 23.5. The summed E-state index contributed by atoms with van der Waals surface area (Å²) in [4.78, 5) is 46.2. The Hall–Kier alpha value is -4.91. The molecule has 1 atom stereocenters. The van der Waals surface area contributed by atoms with Gasteiger partial charge >= 0.3 is 0 Å². The fourth-order valence-electron chi connectivity index (χ4n) is 6.20. The molecule has 1 unspecified atom stereocenters. The molecule has 0 aliphatic carbocycles. The molecule has 0 N–H and O–H groups in total. The van der Waals surface area contributed by atoms with Gasteiger partial charge in [-0.05, 0) is 42.0 Å². The van der Waals surface area contributed by atoms with Crippen LogP contribution < -0.4 is 15.2 Å². The minimum atomic E-state index is -2.10. The van der Waals surface area contributed by atoms with Crippen molar-refractivity contribution < 1.29 is 22.8 Å². The van der Waals surface area contributed by atoms with Gasteiger partial charge in [0.15, 0.2) is 15.3 Å². The Morgan fingerprint density at radius 2 is 1.64 bits per heavy atom. The number of thioether (sulfide) groups is 1. The van der Waals surface area contributed by atoms with Crippen molar-refractivity contribution in [3.05, 3.63) is 146 Å². The van der Waals surface area contributed by atoms with Crippen LogP contribution in [0.4, 0.5) is 19.6 Å². The summed E-state index contributed by atoms with van der Waals surface area (Å²) in [5.74, 6) is -2.61. The number of nitrogens with zero attached hydrogens (tertiary/aromatic N) is 4. The molecule has 232 valence electrons. The molecule has 0 fully saturated rings. The summed E-state index contributed by atoms with van der Waals surface area (Å²) in [7, 11) is 0. The van der Waals surface area contributed by atoms with Gasteiger partial charge in [0.2, 0.25) is 10.9 Å². The van der Waals surface area contributed by atoms with Crippen molar-refractivity contribution in [3.8, 4) is 0 Å². The van der Waals surface area contributed by atoms with E-state index in [1.165, 1.54) is 28.8 Å². The molecule has 0 bridgehead atoms. The Morgan fingerprint density at radius 3 is 2.45 bits per heavy atom. The lowest BCUT2D eigenvalue weighted by atomic mass is 9.84. The van der Waals surface area contributed by atoms with E-state index in [-0.39, 0.29) is 45.1 Å². The number of anilines is 2. The third-order valence-corrected chi connectivity index (χ3v) is 10.7. The first-order valence-electron chi connectivity index (χ1n) is 14.2. The van der Waals surface area contributed by atoms with Crippen LogP contribution in [0.2, 0.25) is 5.02 Å². The Bertz CT molecular complexity index is 2350. The van der Waals surface area contributed by atoms with Crippen LogP contribution in [0, 0.1) is 11.6 Å². The van der Waals surface area contributed by atoms with Crippen LogP contribution >= 0.6 is 34.7 Å². The van der Waals surface area contributed by atoms with Crippen molar-refractivity contribution in [2.24, 2.45) is 0 Å². The van der Waals surface area contributed by atoms with Gasteiger partial charge in [-0.1, -0.05) is 89.3 Å². The molecule has 47 heavy (non-hydrogen) atoms. The third-order valence-electron chi connectivity index (χ3n) is 8.27. The van der Waals surface area contributed by atoms with Crippen molar-refractivity contribution in [1.82, 2.24) is 10.2 Å². The number of carbonyl (C=O) groups excluding carboxylic acids is 2. The number of halogens is 3. The molecule has 1 spiro atoms. The van der Waals surface area contributed by atoms with Gasteiger partial charge in [-0.3, -0.25) is 19.3 Å². The topological polar surface area (TPSA) is 96.6 Å². The lowest BCUT2D eigenvalue weighted by Crippen LogP contribution is -2.53. The maximum atomic E-state index is 15.0. The van der Waals surface area contributed by atoms with E-state index in [2.05, 4.69) is 10.2 Å². The number of benzene rings is 4. The molecule has 2 aromatic heterocycles. The van der Waals surface area contributed by atoms with E-state index < -0.39 is 34.4 Å². The number of hydrogen-bond acceptors (Lipinski definition) is 8. The van der Waals surface area contributed by atoms with Crippen molar-refractivity contribution in [2.75, 3.05) is 9.80 Å². The molecular weight excluding hydrogens is 666 g/mol. The average molecular weight is 685 g/mol. The molecule has 6 aromatic rings. The fraction of sp³-hybridized carbons (Fsp3) is 0.0882. The quantitative estimate of drug-likeness (QED) is 0.134. The number of rotatable bonds is 6. The highest BCUT2D eigenvalue weighted by molar-refractivity contribution is 8.00. The average Bonchev–Trinajstić information content (AvgIpc) is 3.71. The van der Waals surface area contributed by atoms with E-state index >= 15 is 0 Å². The monoisotopic (exact) mass is 684 g/mol. The second-order valence-corrected chi connectivity index (χ2v) is 13.4. The molecule has 0 radical (unpaired) electrons. The van der Waals surface area contributed by atoms with Crippen LogP contribution in [0.5, 0.6) is 0 Å². The zero-order valence-corrected chi connectivity index (χ0v) is 26.3. The lowest BCUT2D eigenvalue weighted by Gasteiger charge is -2.32. The van der Waals surface area contributed by atoms with Crippen molar-refractivity contribution in [3.63, 3.8) is 0 Å². The van der Waals surface area contributed by atoms with Crippen LogP contribution in [0.25, 0.3) is 11.0 Å². The van der Waals surface area contributed by atoms with Crippen LogP contribution in [-0.2, 0) is 22.6 Å². The number of fused-ring (bicyclic) bond motifs is 5. The van der Waals surface area contributed by atoms with Crippen molar-refractivity contribution in [2.45, 2.75) is 22.2 Å². The summed E-state index contributed by atoms with van der Waals surface area (Å²) in [5, 5.41) is 9.09. The van der Waals surface area contributed by atoms with Crippen LogP contribution in [0.3, 0.4) is 0 Å². The van der Waals surface area contributed by atoms with Gasteiger partial charge in [-0.25, -0.2) is 8.78 Å². The SMILES string of the molecule is O=C1c2oc3ccc(F)cc3c(=O)c2C2(C(=O)N(Cc3ccccc3F)c3ccccc32)N1c1nnc(SCc2ccccc2Cl)s1. The minimum absolute atomic E-state index is 0.0179. The highest BCUT2D eigenvalue weighted by Gasteiger charge is 2.66. The van der Waals surface area contributed by atoms with E-state index in [0.717, 1.165) is 33.9 Å². The van der Waals surface area contributed by atoms with Crippen LogP contribution in [-0.4, -0.2) is 22.0 Å². The molecule has 2 aliphatic rings. The Balaban J connectivity index is 1.33. The van der Waals surface area contributed by atoms with Crippen LogP contribution in [0.1, 0.15) is 32.8 Å². The van der Waals surface area contributed by atoms with E-state index in [9.17, 15) is 23.2 Å². The van der Waals surface area contributed by atoms with Gasteiger partial charge in [0.1, 0.15) is 17.2 Å². The zero-order chi connectivity index (χ0) is 32.4. The van der Waals surface area contributed by atoms with Crippen LogP contribution in [0.15, 0.2) is 105 Å². The second-order valence-electron chi connectivity index (χ2n) is 10.9. The smallest absolute Gasteiger partial charge is 0.297 e. The van der Waals surface area contributed by atoms with Crippen molar-refractivity contribution >= 4 is 68.3 Å². The Morgan fingerprint density at radius 1 is 0.894 bits per heavy atom. The summed E-state index contributed by atoms with van der Waals surface area (Å²) in [5.41, 5.74) is -1.38. The summed E-state index contributed by atoms with van der Waals surface area (Å²) >= 11 is 8.73. The zero-order valence-electron chi connectivity index (χ0n) is 23.9. The van der Waals surface area contributed by atoms with Gasteiger partial charge in [-0.15, -0.1) is 10.2 Å². The predicted octanol–water partition coefficient (Wildman–Crippen LogP) is 7.32. The molecule has 4 heterocycles. The maximum absolute atomic E-state index is 15.0. The molecule has 13 heteroatoms. The number of para-hydroxylation sites is 1. The molecular formula is C34H19ClF2N4O4S2. The maximum Gasteiger partial charge on any atom is 0.297 e. The van der Waals surface area contributed by atoms with Gasteiger partial charge in [0, 0.05) is 21.9 Å². The second kappa shape index (κ2) is 11.1. The predicted molar refractivity (Wildman–Crippen MR) is 175 cm³/mol. The molecule has 0 saturated heterocycles. The van der Waals surface area contributed by atoms with Gasteiger partial charge in [0.05, 0.1) is 23.2 Å². The number of hydrogen-bond donors (Lipinski definition) is 0. The number of carbonyl (C=O) groups is 2. The van der Waals surface area contributed by atoms with E-state index in [1.54, 1.807) is 48.5 Å². The number of amides is 2. The van der Waals surface area contributed by atoms with Crippen molar-refractivity contribution in [1.29, 1.82) is 0 Å². The Kier molecular flexibility index (Phi) is 6.97. The fourth-order valence-corrected chi connectivity index (χ4v) is 8.37. The summed E-state index contributed by atoms with van der Waals surface area (Å²) in [6.45, 7) is -0.190. The normalized spacial score (nSPS) is 16.8. The van der Waals surface area contributed by atoms with Gasteiger partial charge < -0.3 is 9.32 Å². The van der Waals surface area contributed by atoms with E-state index in [1.807, 2.05) is 18.2 Å². The van der Waals surface area contributed by atoms with E-state index in [0.29, 0.717) is 20.8 Å². The minimum Gasteiger partial charge on any atom is -0.450 e. The Labute approximate surface area is 278 Å². The van der Waals surface area contributed by atoms with Gasteiger partial charge in [-0.2, -0.15) is 0 Å².